The Kier molecular flexibility index (Phi) is 6.10. The average molecular weight is 188 g/mol. The Hall–Kier alpha value is -0.160. The van der Waals surface area contributed by atoms with Crippen molar-refractivity contribution in [2.75, 3.05) is 52.6 Å². The fourth-order valence-corrected chi connectivity index (χ4v) is 1.40. The van der Waals surface area contributed by atoms with Gasteiger partial charge in [-0.2, -0.15) is 0 Å². The van der Waals surface area contributed by atoms with E-state index in [1.54, 1.807) is 0 Å². The summed E-state index contributed by atoms with van der Waals surface area (Å²) in [6.07, 6.45) is 1.14. The molecule has 0 amide bonds. The lowest BCUT2D eigenvalue weighted by Crippen LogP contribution is -2.30. The molecule has 1 aliphatic rings. The highest BCUT2D eigenvalue weighted by Crippen LogP contribution is 1.98. The molecule has 0 unspecified atom stereocenters. The number of rotatable bonds is 5. The van der Waals surface area contributed by atoms with Crippen LogP contribution < -0.4 is 5.73 Å². The van der Waals surface area contributed by atoms with Crippen molar-refractivity contribution in [1.29, 1.82) is 0 Å². The number of nitrogens with zero attached hydrogens (tertiary/aromatic N) is 1. The summed E-state index contributed by atoms with van der Waals surface area (Å²) < 4.78 is 10.7. The van der Waals surface area contributed by atoms with Gasteiger partial charge in [0.25, 0.3) is 0 Å². The van der Waals surface area contributed by atoms with Crippen LogP contribution in [-0.4, -0.2) is 57.5 Å². The van der Waals surface area contributed by atoms with Gasteiger partial charge in [0, 0.05) is 32.8 Å². The second kappa shape index (κ2) is 7.26. The Bertz CT molecular complexity index is 114. The van der Waals surface area contributed by atoms with Crippen molar-refractivity contribution < 1.29 is 9.47 Å². The maximum atomic E-state index is 5.35. The van der Waals surface area contributed by atoms with Gasteiger partial charge in [-0.1, -0.05) is 0 Å². The summed E-state index contributed by atoms with van der Waals surface area (Å²) in [5.41, 5.74) is 5.31. The number of nitrogens with two attached hydrogens (primary N) is 1. The molecule has 0 bridgehead atoms. The lowest BCUT2D eigenvalue weighted by molar-refractivity contribution is 0.103. The SMILES string of the molecule is NCCOCCN1CCCOCC1. The highest BCUT2D eigenvalue weighted by molar-refractivity contribution is 4.60. The predicted molar refractivity (Wildman–Crippen MR) is 51.7 cm³/mol. The van der Waals surface area contributed by atoms with Crippen molar-refractivity contribution in [2.24, 2.45) is 5.73 Å². The van der Waals surface area contributed by atoms with Gasteiger partial charge in [-0.15, -0.1) is 0 Å². The van der Waals surface area contributed by atoms with Crippen LogP contribution in [0, 0.1) is 0 Å². The maximum absolute atomic E-state index is 5.35. The summed E-state index contributed by atoms with van der Waals surface area (Å²) in [6.45, 7) is 7.00. The summed E-state index contributed by atoms with van der Waals surface area (Å²) in [4.78, 5) is 2.38. The van der Waals surface area contributed by atoms with E-state index >= 15 is 0 Å². The maximum Gasteiger partial charge on any atom is 0.0594 e. The second-order valence-corrected chi connectivity index (χ2v) is 3.21. The van der Waals surface area contributed by atoms with Gasteiger partial charge >= 0.3 is 0 Å². The summed E-state index contributed by atoms with van der Waals surface area (Å²) >= 11 is 0. The Morgan fingerprint density at radius 3 is 3.00 bits per heavy atom. The zero-order valence-electron chi connectivity index (χ0n) is 8.21. The molecule has 1 aliphatic heterocycles. The summed E-state index contributed by atoms with van der Waals surface area (Å²) in [7, 11) is 0. The van der Waals surface area contributed by atoms with E-state index in [9.17, 15) is 0 Å². The fraction of sp³-hybridized carbons (Fsp3) is 1.00. The lowest BCUT2D eigenvalue weighted by Gasteiger charge is -2.18. The summed E-state index contributed by atoms with van der Waals surface area (Å²) in [5, 5.41) is 0. The van der Waals surface area contributed by atoms with Crippen molar-refractivity contribution in [3.05, 3.63) is 0 Å². The van der Waals surface area contributed by atoms with Crippen LogP contribution in [0.1, 0.15) is 6.42 Å². The molecule has 4 heteroatoms. The second-order valence-electron chi connectivity index (χ2n) is 3.21. The fourth-order valence-electron chi connectivity index (χ4n) is 1.40. The predicted octanol–water partition coefficient (Wildman–Crippen LogP) is -0.316. The van der Waals surface area contributed by atoms with Crippen LogP contribution in [0.5, 0.6) is 0 Å². The quantitative estimate of drug-likeness (QED) is 0.601. The van der Waals surface area contributed by atoms with Crippen LogP contribution in [0.15, 0.2) is 0 Å². The van der Waals surface area contributed by atoms with Gasteiger partial charge in [0.2, 0.25) is 0 Å². The van der Waals surface area contributed by atoms with E-state index in [1.165, 1.54) is 0 Å². The molecule has 78 valence electrons. The Morgan fingerprint density at radius 1 is 1.23 bits per heavy atom. The Labute approximate surface area is 80.0 Å². The molecule has 0 radical (unpaired) electrons. The molecule has 0 spiro atoms. The van der Waals surface area contributed by atoms with Crippen LogP contribution in [0.3, 0.4) is 0 Å². The van der Waals surface area contributed by atoms with Gasteiger partial charge in [-0.05, 0) is 6.42 Å². The van der Waals surface area contributed by atoms with Gasteiger partial charge in [0.15, 0.2) is 0 Å². The third-order valence-electron chi connectivity index (χ3n) is 2.13. The Morgan fingerprint density at radius 2 is 2.15 bits per heavy atom. The van der Waals surface area contributed by atoms with Crippen LogP contribution in [0.25, 0.3) is 0 Å². The minimum absolute atomic E-state index is 0.614. The van der Waals surface area contributed by atoms with E-state index in [0.29, 0.717) is 13.2 Å². The Balaban J connectivity index is 1.98. The molecule has 0 atom stereocenters. The highest BCUT2D eigenvalue weighted by atomic mass is 16.5. The molecular formula is C9H20N2O2. The van der Waals surface area contributed by atoms with Crippen LogP contribution >= 0.6 is 0 Å². The van der Waals surface area contributed by atoms with Gasteiger partial charge in [0.1, 0.15) is 0 Å². The van der Waals surface area contributed by atoms with Gasteiger partial charge in [-0.3, -0.25) is 4.90 Å². The minimum Gasteiger partial charge on any atom is -0.380 e. The molecule has 1 fully saturated rings. The van der Waals surface area contributed by atoms with Gasteiger partial charge in [-0.25, -0.2) is 0 Å². The monoisotopic (exact) mass is 188 g/mol. The molecule has 0 aliphatic carbocycles. The smallest absolute Gasteiger partial charge is 0.0594 e. The summed E-state index contributed by atoms with van der Waals surface area (Å²) in [6, 6.07) is 0. The molecule has 0 aromatic carbocycles. The zero-order chi connectivity index (χ0) is 9.36. The molecule has 1 saturated heterocycles. The topological polar surface area (TPSA) is 47.7 Å². The van der Waals surface area contributed by atoms with Crippen LogP contribution in [-0.2, 0) is 9.47 Å². The van der Waals surface area contributed by atoms with Crippen LogP contribution in [0.2, 0.25) is 0 Å². The van der Waals surface area contributed by atoms with Crippen molar-refractivity contribution in [3.63, 3.8) is 0 Å². The summed E-state index contributed by atoms with van der Waals surface area (Å²) in [5.74, 6) is 0. The molecule has 0 aromatic rings. The number of hydrogen-bond acceptors (Lipinski definition) is 4. The highest BCUT2D eigenvalue weighted by Gasteiger charge is 2.07. The molecule has 1 heterocycles. The third kappa shape index (κ3) is 5.21. The standard InChI is InChI=1S/C9H20N2O2/c10-2-7-13-9-5-11-3-1-6-12-8-4-11/h1-10H2. The number of ether oxygens (including phenoxy) is 2. The first-order valence-corrected chi connectivity index (χ1v) is 5.01. The first kappa shape index (κ1) is 10.9. The van der Waals surface area contributed by atoms with E-state index in [-0.39, 0.29) is 0 Å². The first-order chi connectivity index (χ1) is 6.43. The molecule has 4 nitrogen and oxygen atoms in total. The van der Waals surface area contributed by atoms with Crippen molar-refractivity contribution in [3.8, 4) is 0 Å². The average Bonchev–Trinajstić information content (AvgIpc) is 2.41. The lowest BCUT2D eigenvalue weighted by atomic mass is 10.4. The molecule has 2 N–H and O–H groups in total. The molecule has 13 heavy (non-hydrogen) atoms. The normalized spacial score (nSPS) is 20.1. The van der Waals surface area contributed by atoms with E-state index in [2.05, 4.69) is 4.90 Å². The van der Waals surface area contributed by atoms with E-state index in [0.717, 1.165) is 45.9 Å². The van der Waals surface area contributed by atoms with E-state index in [1.807, 2.05) is 0 Å². The van der Waals surface area contributed by atoms with Gasteiger partial charge < -0.3 is 15.2 Å². The zero-order valence-corrected chi connectivity index (χ0v) is 8.21. The van der Waals surface area contributed by atoms with Crippen molar-refractivity contribution >= 4 is 0 Å². The van der Waals surface area contributed by atoms with E-state index < -0.39 is 0 Å². The van der Waals surface area contributed by atoms with E-state index in [4.69, 9.17) is 15.2 Å². The molecule has 0 aromatic heterocycles. The van der Waals surface area contributed by atoms with Crippen molar-refractivity contribution in [2.45, 2.75) is 6.42 Å². The van der Waals surface area contributed by atoms with Crippen molar-refractivity contribution in [1.82, 2.24) is 4.90 Å². The first-order valence-electron chi connectivity index (χ1n) is 5.01. The third-order valence-corrected chi connectivity index (χ3v) is 2.13. The molecule has 0 saturated carbocycles. The molecular weight excluding hydrogens is 168 g/mol. The minimum atomic E-state index is 0.614. The number of hydrogen-bond donors (Lipinski definition) is 1. The van der Waals surface area contributed by atoms with Crippen LogP contribution in [0.4, 0.5) is 0 Å². The molecule has 1 rings (SSSR count). The van der Waals surface area contributed by atoms with Gasteiger partial charge in [0.05, 0.1) is 19.8 Å². The largest absolute Gasteiger partial charge is 0.380 e.